The summed E-state index contributed by atoms with van der Waals surface area (Å²) in [7, 11) is 0. The monoisotopic (exact) mass is 417 g/mol. The van der Waals surface area contributed by atoms with Crippen molar-refractivity contribution in [3.63, 3.8) is 0 Å². The zero-order chi connectivity index (χ0) is 21.0. The van der Waals surface area contributed by atoms with Gasteiger partial charge in [0, 0.05) is 31.8 Å². The third-order valence-corrected chi connectivity index (χ3v) is 5.81. The molecule has 3 aliphatic rings. The maximum absolute atomic E-state index is 13.2. The molecule has 0 radical (unpaired) electrons. The SMILES string of the molecule is O=C(CC1CC1(F)F)c1ccc2c(n1)N(C(=O)Nc1ccc(F)cn1)[C@H]1CCN2C1. The summed E-state index contributed by atoms with van der Waals surface area (Å²) in [5.41, 5.74) is 0.774. The predicted octanol–water partition coefficient (Wildman–Crippen LogP) is 3.47. The molecule has 1 aliphatic carbocycles. The molecule has 2 aromatic rings. The molecule has 30 heavy (non-hydrogen) atoms. The summed E-state index contributed by atoms with van der Waals surface area (Å²) in [4.78, 5) is 37.3. The molecule has 10 heteroatoms. The van der Waals surface area contributed by atoms with E-state index in [0.29, 0.717) is 18.1 Å². The fraction of sp³-hybridized carbons (Fsp3) is 0.400. The molecule has 0 spiro atoms. The normalized spacial score (nSPS) is 23.2. The fourth-order valence-corrected chi connectivity index (χ4v) is 4.07. The number of fused-ring (bicyclic) bond motifs is 4. The quantitative estimate of drug-likeness (QED) is 0.771. The van der Waals surface area contributed by atoms with Gasteiger partial charge < -0.3 is 4.90 Å². The number of nitrogens with one attached hydrogen (secondary N) is 1. The lowest BCUT2D eigenvalue weighted by atomic mass is 10.1. The van der Waals surface area contributed by atoms with E-state index >= 15 is 0 Å². The van der Waals surface area contributed by atoms with Crippen molar-refractivity contribution < 1.29 is 22.8 Å². The van der Waals surface area contributed by atoms with Gasteiger partial charge in [-0.15, -0.1) is 0 Å². The Bertz CT molecular complexity index is 1030. The second-order valence-electron chi connectivity index (χ2n) is 7.88. The first-order chi connectivity index (χ1) is 14.3. The van der Waals surface area contributed by atoms with E-state index in [4.69, 9.17) is 0 Å². The molecule has 2 atom stereocenters. The highest BCUT2D eigenvalue weighted by Crippen LogP contribution is 2.51. The smallest absolute Gasteiger partial charge is 0.329 e. The van der Waals surface area contributed by atoms with Gasteiger partial charge in [-0.25, -0.2) is 27.9 Å². The molecule has 4 heterocycles. The Balaban J connectivity index is 1.42. The first kappa shape index (κ1) is 18.8. The molecule has 5 rings (SSSR count). The topological polar surface area (TPSA) is 78.4 Å². The van der Waals surface area contributed by atoms with Gasteiger partial charge in [0.05, 0.1) is 17.9 Å². The van der Waals surface area contributed by atoms with Gasteiger partial charge in [0.15, 0.2) is 11.6 Å². The van der Waals surface area contributed by atoms with Gasteiger partial charge in [0.2, 0.25) is 0 Å². The average Bonchev–Trinajstić information content (AvgIpc) is 3.11. The molecule has 2 fully saturated rings. The molecule has 156 valence electrons. The Morgan fingerprint density at radius 1 is 1.23 bits per heavy atom. The van der Waals surface area contributed by atoms with Crippen LogP contribution in [0.3, 0.4) is 0 Å². The van der Waals surface area contributed by atoms with E-state index in [1.165, 1.54) is 23.1 Å². The van der Waals surface area contributed by atoms with E-state index in [1.807, 2.05) is 0 Å². The standard InChI is InChI=1S/C20H18F3N5O2/c21-12-1-4-17(24-9-12)26-19(30)28-13-5-6-27(10-13)15-3-2-14(25-18(15)28)16(29)7-11-8-20(11,22)23/h1-4,9,11,13H,5-8,10H2,(H,24,26,30)/t11?,13-/m0/s1. The summed E-state index contributed by atoms with van der Waals surface area (Å²) in [5.74, 6) is -4.19. The number of urea groups is 1. The van der Waals surface area contributed by atoms with E-state index in [0.717, 1.165) is 19.2 Å². The van der Waals surface area contributed by atoms with Crippen LogP contribution in [0.5, 0.6) is 0 Å². The summed E-state index contributed by atoms with van der Waals surface area (Å²) in [5, 5.41) is 2.63. The average molecular weight is 417 g/mol. The van der Waals surface area contributed by atoms with Crippen molar-refractivity contribution in [1.29, 1.82) is 0 Å². The van der Waals surface area contributed by atoms with Crippen LogP contribution in [0.4, 0.5) is 35.3 Å². The lowest BCUT2D eigenvalue weighted by Gasteiger charge is -2.35. The van der Waals surface area contributed by atoms with Crippen molar-refractivity contribution in [2.24, 2.45) is 5.92 Å². The summed E-state index contributed by atoms with van der Waals surface area (Å²) in [6.07, 6.45) is 1.17. The third-order valence-electron chi connectivity index (χ3n) is 5.81. The molecule has 2 bridgehead atoms. The molecular weight excluding hydrogens is 399 g/mol. The van der Waals surface area contributed by atoms with E-state index in [-0.39, 0.29) is 30.4 Å². The Labute approximate surface area is 169 Å². The highest BCUT2D eigenvalue weighted by molar-refractivity contribution is 6.05. The summed E-state index contributed by atoms with van der Waals surface area (Å²) < 4.78 is 39.5. The van der Waals surface area contributed by atoms with E-state index in [1.54, 1.807) is 6.07 Å². The van der Waals surface area contributed by atoms with E-state index in [2.05, 4.69) is 20.2 Å². The van der Waals surface area contributed by atoms with Crippen molar-refractivity contribution >= 4 is 29.1 Å². The van der Waals surface area contributed by atoms with Gasteiger partial charge in [-0.05, 0) is 30.7 Å². The number of hydrogen-bond acceptors (Lipinski definition) is 5. The summed E-state index contributed by atoms with van der Waals surface area (Å²) in [6.45, 7) is 1.36. The maximum atomic E-state index is 13.2. The molecule has 7 nitrogen and oxygen atoms in total. The number of halogens is 3. The number of hydrogen-bond donors (Lipinski definition) is 1. The van der Waals surface area contributed by atoms with E-state index < -0.39 is 29.5 Å². The number of carbonyl (C=O) groups is 2. The molecule has 1 saturated heterocycles. The molecule has 1 unspecified atom stereocenters. The predicted molar refractivity (Wildman–Crippen MR) is 103 cm³/mol. The Morgan fingerprint density at radius 3 is 2.73 bits per heavy atom. The largest absolute Gasteiger partial charge is 0.366 e. The Morgan fingerprint density at radius 2 is 2.03 bits per heavy atom. The van der Waals surface area contributed by atoms with Crippen molar-refractivity contribution in [1.82, 2.24) is 9.97 Å². The number of amides is 2. The van der Waals surface area contributed by atoms with Gasteiger partial charge in [-0.3, -0.25) is 15.0 Å². The van der Waals surface area contributed by atoms with Crippen LogP contribution in [0.2, 0.25) is 0 Å². The van der Waals surface area contributed by atoms with Crippen LogP contribution in [-0.2, 0) is 0 Å². The minimum absolute atomic E-state index is 0.0663. The zero-order valence-corrected chi connectivity index (χ0v) is 15.8. The number of pyridine rings is 2. The number of alkyl halides is 2. The van der Waals surface area contributed by atoms with Crippen molar-refractivity contribution in [3.05, 3.63) is 42.0 Å². The van der Waals surface area contributed by atoms with Crippen LogP contribution in [0.1, 0.15) is 29.8 Å². The minimum Gasteiger partial charge on any atom is -0.366 e. The van der Waals surface area contributed by atoms with Crippen LogP contribution in [-0.4, -0.2) is 46.8 Å². The molecule has 2 amide bonds. The number of ketones is 1. The Kier molecular flexibility index (Phi) is 4.19. The lowest BCUT2D eigenvalue weighted by Crippen LogP contribution is -2.48. The first-order valence-corrected chi connectivity index (χ1v) is 9.70. The molecule has 1 N–H and O–H groups in total. The number of nitrogens with zero attached hydrogens (tertiary/aromatic N) is 4. The van der Waals surface area contributed by atoms with Gasteiger partial charge in [0.25, 0.3) is 5.92 Å². The number of rotatable bonds is 4. The van der Waals surface area contributed by atoms with Gasteiger partial charge in [-0.1, -0.05) is 0 Å². The van der Waals surface area contributed by atoms with Crippen LogP contribution >= 0.6 is 0 Å². The van der Waals surface area contributed by atoms with Crippen molar-refractivity contribution in [2.75, 3.05) is 28.2 Å². The molecular formula is C20H18F3N5O2. The number of Topliss-reactive ketones (excluding diaryl/α,β-unsaturated/α-hetero) is 1. The fourth-order valence-electron chi connectivity index (χ4n) is 4.07. The number of anilines is 3. The van der Waals surface area contributed by atoms with Gasteiger partial charge in [0.1, 0.15) is 17.3 Å². The maximum Gasteiger partial charge on any atom is 0.329 e. The zero-order valence-electron chi connectivity index (χ0n) is 15.8. The van der Waals surface area contributed by atoms with Crippen molar-refractivity contribution in [2.45, 2.75) is 31.2 Å². The second kappa shape index (κ2) is 6.68. The van der Waals surface area contributed by atoms with Crippen LogP contribution in [0.25, 0.3) is 0 Å². The van der Waals surface area contributed by atoms with Crippen LogP contribution in [0.15, 0.2) is 30.5 Å². The highest BCUT2D eigenvalue weighted by Gasteiger charge is 2.57. The number of carbonyl (C=O) groups excluding carboxylic acids is 2. The third kappa shape index (κ3) is 3.25. The Hall–Kier alpha value is -3.17. The van der Waals surface area contributed by atoms with Crippen molar-refractivity contribution in [3.8, 4) is 0 Å². The van der Waals surface area contributed by atoms with Crippen LogP contribution < -0.4 is 15.1 Å². The minimum atomic E-state index is -2.78. The van der Waals surface area contributed by atoms with E-state index in [9.17, 15) is 22.8 Å². The molecule has 0 aromatic carbocycles. The first-order valence-electron chi connectivity index (χ1n) is 9.70. The molecule has 2 aliphatic heterocycles. The highest BCUT2D eigenvalue weighted by atomic mass is 19.3. The molecule has 1 saturated carbocycles. The lowest BCUT2D eigenvalue weighted by molar-refractivity contribution is 0.0830. The van der Waals surface area contributed by atoms with Gasteiger partial charge >= 0.3 is 6.03 Å². The second-order valence-corrected chi connectivity index (χ2v) is 7.88. The number of aromatic nitrogens is 2. The van der Waals surface area contributed by atoms with Gasteiger partial charge in [-0.2, -0.15) is 0 Å². The molecule has 2 aromatic heterocycles. The van der Waals surface area contributed by atoms with Crippen LogP contribution in [0, 0.1) is 11.7 Å². The summed E-state index contributed by atoms with van der Waals surface area (Å²) >= 11 is 0. The summed E-state index contributed by atoms with van der Waals surface area (Å²) in [6, 6.07) is 5.13.